The molecule has 1 heterocycles. The summed E-state index contributed by atoms with van der Waals surface area (Å²) in [7, 11) is 1.84. The van der Waals surface area contributed by atoms with E-state index in [1.807, 2.05) is 33.9 Å². The first-order chi connectivity index (χ1) is 9.85. The molecule has 0 bridgehead atoms. The van der Waals surface area contributed by atoms with E-state index in [1.165, 1.54) is 5.56 Å². The van der Waals surface area contributed by atoms with Crippen LogP contribution in [0.15, 0.2) is 30.3 Å². The second kappa shape index (κ2) is 7.84. The van der Waals surface area contributed by atoms with Crippen molar-refractivity contribution in [1.29, 1.82) is 0 Å². The van der Waals surface area contributed by atoms with Gasteiger partial charge in [0.2, 0.25) is 0 Å². The molecule has 5 heteroatoms. The second-order valence-corrected chi connectivity index (χ2v) is 6.75. The van der Waals surface area contributed by atoms with E-state index in [2.05, 4.69) is 29.2 Å². The lowest BCUT2D eigenvalue weighted by molar-refractivity contribution is 0.0228. The summed E-state index contributed by atoms with van der Waals surface area (Å²) in [4.78, 5) is 16.2. The van der Waals surface area contributed by atoms with Gasteiger partial charge in [0.15, 0.2) is 0 Å². The van der Waals surface area contributed by atoms with Gasteiger partial charge in [-0.1, -0.05) is 30.3 Å². The molecule has 0 aromatic heterocycles. The van der Waals surface area contributed by atoms with E-state index in [-0.39, 0.29) is 24.5 Å². The molecule has 1 aliphatic heterocycles. The fourth-order valence-electron chi connectivity index (χ4n) is 2.60. The molecule has 124 valence electrons. The van der Waals surface area contributed by atoms with Crippen LogP contribution in [0, 0.1) is 0 Å². The average molecular weight is 327 g/mol. The molecule has 1 amide bonds. The van der Waals surface area contributed by atoms with Crippen LogP contribution in [0.3, 0.4) is 0 Å². The number of hydrogen-bond donors (Lipinski definition) is 0. The molecule has 0 spiro atoms. The van der Waals surface area contributed by atoms with E-state index >= 15 is 0 Å². The number of rotatable bonds is 3. The fraction of sp³-hybridized carbons (Fsp3) is 0.588. The fourth-order valence-corrected chi connectivity index (χ4v) is 2.60. The Hall–Kier alpha value is -1.26. The minimum atomic E-state index is -0.437. The molecule has 0 N–H and O–H groups in total. The normalized spacial score (nSPS) is 18.6. The summed E-state index contributed by atoms with van der Waals surface area (Å²) in [5, 5.41) is 0. The van der Waals surface area contributed by atoms with Gasteiger partial charge in [-0.15, -0.1) is 12.4 Å². The third-order valence-electron chi connectivity index (χ3n) is 3.73. The highest BCUT2D eigenvalue weighted by molar-refractivity contribution is 5.85. The third-order valence-corrected chi connectivity index (χ3v) is 3.73. The van der Waals surface area contributed by atoms with Crippen molar-refractivity contribution in [2.75, 3.05) is 20.1 Å². The summed E-state index contributed by atoms with van der Waals surface area (Å²) in [5.41, 5.74) is 0.881. The predicted molar refractivity (Wildman–Crippen MR) is 91.4 cm³/mol. The predicted octanol–water partition coefficient (Wildman–Crippen LogP) is 3.55. The Morgan fingerprint density at radius 2 is 1.95 bits per heavy atom. The smallest absolute Gasteiger partial charge is 0.410 e. The average Bonchev–Trinajstić information content (AvgIpc) is 2.85. The van der Waals surface area contributed by atoms with Crippen LogP contribution in [-0.4, -0.2) is 47.7 Å². The summed E-state index contributed by atoms with van der Waals surface area (Å²) < 4.78 is 5.43. The van der Waals surface area contributed by atoms with Crippen molar-refractivity contribution in [3.63, 3.8) is 0 Å². The number of likely N-dealkylation sites (N-methyl/N-ethyl adjacent to an activating group) is 1. The molecule has 0 unspecified atom stereocenters. The zero-order valence-corrected chi connectivity index (χ0v) is 14.7. The number of likely N-dealkylation sites (tertiary alicyclic amines) is 1. The maximum Gasteiger partial charge on any atom is 0.410 e. The minimum absolute atomic E-state index is 0. The highest BCUT2D eigenvalue weighted by atomic mass is 35.5. The maximum absolute atomic E-state index is 12.1. The molecule has 1 aliphatic rings. The van der Waals surface area contributed by atoms with Crippen molar-refractivity contribution in [3.8, 4) is 0 Å². The molecule has 4 nitrogen and oxygen atoms in total. The molecular weight excluding hydrogens is 300 g/mol. The van der Waals surface area contributed by atoms with Gasteiger partial charge in [-0.2, -0.15) is 0 Å². The molecule has 22 heavy (non-hydrogen) atoms. The molecule has 1 saturated heterocycles. The quantitative estimate of drug-likeness (QED) is 0.851. The highest BCUT2D eigenvalue weighted by Gasteiger charge is 2.30. The first-order valence-electron chi connectivity index (χ1n) is 7.57. The van der Waals surface area contributed by atoms with Crippen molar-refractivity contribution in [1.82, 2.24) is 9.80 Å². The summed E-state index contributed by atoms with van der Waals surface area (Å²) in [5.74, 6) is 0. The number of nitrogens with zero attached hydrogens (tertiary/aromatic N) is 2. The highest BCUT2D eigenvalue weighted by Crippen LogP contribution is 2.19. The van der Waals surface area contributed by atoms with Crippen molar-refractivity contribution in [2.45, 2.75) is 45.4 Å². The zero-order valence-electron chi connectivity index (χ0n) is 13.9. The van der Waals surface area contributed by atoms with E-state index in [0.717, 1.165) is 26.1 Å². The van der Waals surface area contributed by atoms with Crippen molar-refractivity contribution in [2.24, 2.45) is 0 Å². The lowest BCUT2D eigenvalue weighted by atomic mass is 10.2. The Balaban J connectivity index is 0.00000242. The van der Waals surface area contributed by atoms with Gasteiger partial charge < -0.3 is 9.64 Å². The van der Waals surface area contributed by atoms with Gasteiger partial charge in [0, 0.05) is 32.7 Å². The van der Waals surface area contributed by atoms with Gasteiger partial charge >= 0.3 is 6.09 Å². The van der Waals surface area contributed by atoms with Crippen LogP contribution < -0.4 is 0 Å². The number of amides is 1. The molecule has 1 aromatic carbocycles. The first-order valence-corrected chi connectivity index (χ1v) is 7.57. The minimum Gasteiger partial charge on any atom is -0.444 e. The first kappa shape index (κ1) is 18.8. The Morgan fingerprint density at radius 3 is 2.55 bits per heavy atom. The number of benzene rings is 1. The second-order valence-electron chi connectivity index (χ2n) is 6.75. The molecule has 1 atom stereocenters. The molecule has 0 aliphatic carbocycles. The summed E-state index contributed by atoms with van der Waals surface area (Å²) >= 11 is 0. The van der Waals surface area contributed by atoms with Crippen LogP contribution in [-0.2, 0) is 11.3 Å². The van der Waals surface area contributed by atoms with E-state index < -0.39 is 5.60 Å². The monoisotopic (exact) mass is 326 g/mol. The molecule has 1 fully saturated rings. The largest absolute Gasteiger partial charge is 0.444 e. The Labute approximate surface area is 139 Å². The van der Waals surface area contributed by atoms with E-state index in [4.69, 9.17) is 4.74 Å². The van der Waals surface area contributed by atoms with Gasteiger partial charge in [0.05, 0.1) is 0 Å². The number of carbonyl (C=O) groups is 1. The van der Waals surface area contributed by atoms with Crippen LogP contribution in [0.2, 0.25) is 0 Å². The Morgan fingerprint density at radius 1 is 1.32 bits per heavy atom. The summed E-state index contributed by atoms with van der Waals surface area (Å²) in [6.45, 7) is 8.57. The molecule has 0 radical (unpaired) electrons. The van der Waals surface area contributed by atoms with Gasteiger partial charge in [-0.05, 0) is 32.8 Å². The van der Waals surface area contributed by atoms with Crippen LogP contribution in [0.25, 0.3) is 0 Å². The number of carbonyl (C=O) groups excluding carboxylic acids is 1. The zero-order chi connectivity index (χ0) is 15.5. The van der Waals surface area contributed by atoms with Gasteiger partial charge in [0.1, 0.15) is 5.60 Å². The Kier molecular flexibility index (Phi) is 6.69. The van der Waals surface area contributed by atoms with Gasteiger partial charge in [-0.25, -0.2) is 4.79 Å². The SMILES string of the molecule is CN(C(=O)OC(C)(C)C)[C@@H]1CCN(Cc2ccccc2)C1.Cl. The van der Waals surface area contributed by atoms with Gasteiger partial charge in [-0.3, -0.25) is 4.90 Å². The third kappa shape index (κ3) is 5.50. The van der Waals surface area contributed by atoms with Crippen molar-refractivity contribution >= 4 is 18.5 Å². The van der Waals surface area contributed by atoms with Crippen LogP contribution in [0.1, 0.15) is 32.8 Å². The van der Waals surface area contributed by atoms with Gasteiger partial charge in [0.25, 0.3) is 0 Å². The van der Waals surface area contributed by atoms with Crippen LogP contribution >= 0.6 is 12.4 Å². The molecular formula is C17H27ClN2O2. The summed E-state index contributed by atoms with van der Waals surface area (Å²) in [6.07, 6.45) is 0.775. The lowest BCUT2D eigenvalue weighted by Gasteiger charge is -2.28. The lowest BCUT2D eigenvalue weighted by Crippen LogP contribution is -2.42. The number of hydrogen-bond acceptors (Lipinski definition) is 3. The maximum atomic E-state index is 12.1. The standard InChI is InChI=1S/C17H26N2O2.ClH/c1-17(2,3)21-16(20)18(4)15-10-11-19(13-15)12-14-8-6-5-7-9-14;/h5-9,15H,10-13H2,1-4H3;1H/t15-;/m1./s1. The Bertz CT molecular complexity index is 473. The van der Waals surface area contributed by atoms with E-state index in [9.17, 15) is 4.79 Å². The molecule has 0 saturated carbocycles. The number of ether oxygens (including phenoxy) is 1. The van der Waals surface area contributed by atoms with E-state index in [1.54, 1.807) is 4.90 Å². The van der Waals surface area contributed by atoms with Crippen molar-refractivity contribution in [3.05, 3.63) is 35.9 Å². The van der Waals surface area contributed by atoms with Crippen molar-refractivity contribution < 1.29 is 9.53 Å². The van der Waals surface area contributed by atoms with Crippen LogP contribution in [0.4, 0.5) is 4.79 Å². The van der Waals surface area contributed by atoms with E-state index in [0.29, 0.717) is 0 Å². The summed E-state index contributed by atoms with van der Waals surface area (Å²) in [6, 6.07) is 10.7. The molecule has 2 rings (SSSR count). The number of halogens is 1. The topological polar surface area (TPSA) is 32.8 Å². The molecule has 1 aromatic rings. The van der Waals surface area contributed by atoms with Crippen LogP contribution in [0.5, 0.6) is 0 Å².